The fraction of sp³-hybridized carbons (Fsp3) is 0.714. The van der Waals surface area contributed by atoms with Gasteiger partial charge in [-0.05, 0) is 19.8 Å². The molecule has 2 N–H and O–H groups in total. The summed E-state index contributed by atoms with van der Waals surface area (Å²) in [6, 6.07) is 0. The van der Waals surface area contributed by atoms with E-state index in [-0.39, 0.29) is 11.7 Å². The fourth-order valence-electron chi connectivity index (χ4n) is 2.66. The Kier molecular flexibility index (Phi) is 6.55. The maximum absolute atomic E-state index is 12.7. The van der Waals surface area contributed by atoms with Crippen molar-refractivity contribution >= 4 is 32.4 Å². The molecule has 0 bridgehead atoms. The van der Waals surface area contributed by atoms with Crippen molar-refractivity contribution in [2.24, 2.45) is 0 Å². The molecule has 0 atom stereocenters. The monoisotopic (exact) mass is 376 g/mol. The Bertz CT molecular complexity index is 625. The molecule has 24 heavy (non-hydrogen) atoms. The lowest BCUT2D eigenvalue weighted by atomic mass is 9.87. The molecule has 0 radical (unpaired) electrons. The molecule has 1 saturated heterocycles. The second kappa shape index (κ2) is 8.24. The third kappa shape index (κ3) is 4.44. The molecule has 0 unspecified atom stereocenters. The number of nitrogens with one attached hydrogen (secondary N) is 2. The van der Waals surface area contributed by atoms with Crippen LogP contribution >= 0.6 is 11.3 Å². The number of hydrogen-bond acceptors (Lipinski definition) is 7. The summed E-state index contributed by atoms with van der Waals surface area (Å²) in [6.07, 6.45) is 2.45. The molecule has 2 rings (SSSR count). The summed E-state index contributed by atoms with van der Waals surface area (Å²) in [5.74, 6) is -0.0803. The predicted molar refractivity (Wildman–Crippen MR) is 93.6 cm³/mol. The van der Waals surface area contributed by atoms with Gasteiger partial charge in [0, 0.05) is 38.3 Å². The van der Waals surface area contributed by atoms with Crippen LogP contribution in [-0.4, -0.2) is 68.3 Å². The van der Waals surface area contributed by atoms with Gasteiger partial charge in [0.05, 0.1) is 12.4 Å². The summed E-state index contributed by atoms with van der Waals surface area (Å²) in [7, 11) is -1.67. The molecule has 1 aliphatic rings. The van der Waals surface area contributed by atoms with Crippen molar-refractivity contribution in [2.45, 2.75) is 25.3 Å². The van der Waals surface area contributed by atoms with E-state index in [1.165, 1.54) is 15.6 Å². The Morgan fingerprint density at radius 3 is 2.71 bits per heavy atom. The summed E-state index contributed by atoms with van der Waals surface area (Å²) < 4.78 is 30.5. The summed E-state index contributed by atoms with van der Waals surface area (Å²) in [5.41, 5.74) is -0.856. The quantitative estimate of drug-likeness (QED) is 0.641. The average molecular weight is 377 g/mol. The molecule has 1 aliphatic heterocycles. The fourth-order valence-corrected chi connectivity index (χ4v) is 4.39. The molecule has 1 amide bonds. The van der Waals surface area contributed by atoms with Crippen LogP contribution in [0, 0.1) is 0 Å². The molecule has 136 valence electrons. The van der Waals surface area contributed by atoms with Gasteiger partial charge in [0.15, 0.2) is 5.13 Å². The largest absolute Gasteiger partial charge is 0.383 e. The van der Waals surface area contributed by atoms with Crippen molar-refractivity contribution in [3.63, 3.8) is 0 Å². The number of nitrogens with zero attached hydrogens (tertiary/aromatic N) is 2. The molecule has 0 aromatic carbocycles. The third-order valence-electron chi connectivity index (χ3n) is 4.14. The molecule has 1 fully saturated rings. The zero-order valence-corrected chi connectivity index (χ0v) is 15.6. The van der Waals surface area contributed by atoms with E-state index in [1.807, 2.05) is 5.38 Å². The summed E-state index contributed by atoms with van der Waals surface area (Å²) in [6.45, 7) is 3.09. The number of ether oxygens (including phenoxy) is 1. The number of aromatic nitrogens is 1. The number of methoxy groups -OCH3 is 1. The Labute approximate surface area is 146 Å². The highest BCUT2D eigenvalue weighted by molar-refractivity contribution is 7.89. The number of carbonyl (C=O) groups is 1. The zero-order chi connectivity index (χ0) is 17.6. The first-order valence-corrected chi connectivity index (χ1v) is 10.3. The van der Waals surface area contributed by atoms with Crippen molar-refractivity contribution in [3.05, 3.63) is 11.6 Å². The number of hydrogen-bond donors (Lipinski definition) is 2. The van der Waals surface area contributed by atoms with E-state index >= 15 is 0 Å². The number of anilines is 1. The van der Waals surface area contributed by atoms with Gasteiger partial charge in [0.1, 0.15) is 5.54 Å². The lowest BCUT2D eigenvalue weighted by Crippen LogP contribution is -2.59. The van der Waals surface area contributed by atoms with E-state index < -0.39 is 15.6 Å². The summed E-state index contributed by atoms with van der Waals surface area (Å²) >= 11 is 1.41. The van der Waals surface area contributed by atoms with Crippen LogP contribution in [0.4, 0.5) is 5.13 Å². The van der Waals surface area contributed by atoms with Gasteiger partial charge >= 0.3 is 0 Å². The van der Waals surface area contributed by atoms with Gasteiger partial charge in [-0.3, -0.25) is 4.79 Å². The highest BCUT2D eigenvalue weighted by Gasteiger charge is 2.43. The van der Waals surface area contributed by atoms with E-state index in [2.05, 4.69) is 15.6 Å². The standard InChI is InChI=1S/C14H24N4O4S2/c1-3-24(20,21)18-8-4-14(5-9-18,12(19)15-6-10-22-2)17-13-16-7-11-23-13/h7,11H,3-6,8-10H2,1-2H3,(H,15,19)(H,16,17). The lowest BCUT2D eigenvalue weighted by Gasteiger charge is -2.40. The topological polar surface area (TPSA) is 101 Å². The summed E-state index contributed by atoms with van der Waals surface area (Å²) in [5, 5.41) is 8.57. The SMILES string of the molecule is CCS(=O)(=O)N1CCC(Nc2nccs2)(C(=O)NCCOC)CC1. The van der Waals surface area contributed by atoms with Crippen molar-refractivity contribution in [2.75, 3.05) is 44.4 Å². The maximum atomic E-state index is 12.7. The maximum Gasteiger partial charge on any atom is 0.245 e. The minimum Gasteiger partial charge on any atom is -0.383 e. The van der Waals surface area contributed by atoms with Gasteiger partial charge in [-0.2, -0.15) is 0 Å². The molecule has 8 nitrogen and oxygen atoms in total. The van der Waals surface area contributed by atoms with Gasteiger partial charge in [-0.25, -0.2) is 17.7 Å². The molecule has 1 aromatic heterocycles. The van der Waals surface area contributed by atoms with Crippen molar-refractivity contribution in [1.82, 2.24) is 14.6 Å². The Balaban J connectivity index is 2.12. The van der Waals surface area contributed by atoms with Crippen LogP contribution in [0.5, 0.6) is 0 Å². The average Bonchev–Trinajstić information content (AvgIpc) is 3.08. The van der Waals surface area contributed by atoms with E-state index in [9.17, 15) is 13.2 Å². The van der Waals surface area contributed by atoms with Crippen LogP contribution in [0.2, 0.25) is 0 Å². The highest BCUT2D eigenvalue weighted by atomic mass is 32.2. The second-order valence-corrected chi connectivity index (χ2v) is 8.74. The normalized spacial score (nSPS) is 18.2. The molecule has 10 heteroatoms. The summed E-state index contributed by atoms with van der Waals surface area (Å²) in [4.78, 5) is 16.9. The van der Waals surface area contributed by atoms with E-state index in [0.29, 0.717) is 44.2 Å². The molecule has 1 aromatic rings. The Hall–Kier alpha value is -1.23. The van der Waals surface area contributed by atoms with E-state index in [1.54, 1.807) is 20.2 Å². The number of sulfonamides is 1. The zero-order valence-electron chi connectivity index (χ0n) is 13.9. The van der Waals surface area contributed by atoms with Gasteiger partial charge in [-0.15, -0.1) is 11.3 Å². The van der Waals surface area contributed by atoms with E-state index in [0.717, 1.165) is 0 Å². The van der Waals surface area contributed by atoms with Crippen LogP contribution in [0.1, 0.15) is 19.8 Å². The van der Waals surface area contributed by atoms with Crippen LogP contribution in [0.25, 0.3) is 0 Å². The number of carbonyl (C=O) groups excluding carboxylic acids is 1. The van der Waals surface area contributed by atoms with Gasteiger partial charge in [0.25, 0.3) is 0 Å². The number of thiazole rings is 1. The van der Waals surface area contributed by atoms with Crippen LogP contribution in [0.15, 0.2) is 11.6 Å². The molecule has 0 spiro atoms. The van der Waals surface area contributed by atoms with Crippen molar-refractivity contribution in [3.8, 4) is 0 Å². The molecular formula is C14H24N4O4S2. The number of amides is 1. The first-order valence-electron chi connectivity index (χ1n) is 7.86. The van der Waals surface area contributed by atoms with E-state index in [4.69, 9.17) is 4.74 Å². The number of piperidine rings is 1. The van der Waals surface area contributed by atoms with Crippen LogP contribution in [-0.2, 0) is 19.6 Å². The highest BCUT2D eigenvalue weighted by Crippen LogP contribution is 2.29. The minimum absolute atomic E-state index is 0.0694. The third-order valence-corrected chi connectivity index (χ3v) is 6.71. The van der Waals surface area contributed by atoms with Gasteiger partial charge < -0.3 is 15.4 Å². The smallest absolute Gasteiger partial charge is 0.245 e. The van der Waals surface area contributed by atoms with Crippen molar-refractivity contribution < 1.29 is 17.9 Å². The second-order valence-electron chi connectivity index (χ2n) is 5.59. The molecule has 0 aliphatic carbocycles. The number of rotatable bonds is 8. The van der Waals surface area contributed by atoms with Crippen LogP contribution < -0.4 is 10.6 Å². The Morgan fingerprint density at radius 2 is 2.17 bits per heavy atom. The molecule has 0 saturated carbocycles. The molecule has 2 heterocycles. The Morgan fingerprint density at radius 1 is 1.46 bits per heavy atom. The van der Waals surface area contributed by atoms with Crippen LogP contribution in [0.3, 0.4) is 0 Å². The first kappa shape index (κ1) is 19.1. The molecular weight excluding hydrogens is 352 g/mol. The lowest BCUT2D eigenvalue weighted by molar-refractivity contribution is -0.126. The predicted octanol–water partition coefficient (Wildman–Crippen LogP) is 0.502. The van der Waals surface area contributed by atoms with Gasteiger partial charge in [-0.1, -0.05) is 0 Å². The first-order chi connectivity index (χ1) is 11.4. The van der Waals surface area contributed by atoms with Gasteiger partial charge in [0.2, 0.25) is 15.9 Å². The van der Waals surface area contributed by atoms with Crippen molar-refractivity contribution in [1.29, 1.82) is 0 Å². The minimum atomic E-state index is -3.24.